The molecule has 0 unspecified atom stereocenters. The third-order valence-electron chi connectivity index (χ3n) is 3.35. The highest BCUT2D eigenvalue weighted by molar-refractivity contribution is 7.92. The zero-order valence-electron chi connectivity index (χ0n) is 15.1. The minimum Gasteiger partial charge on any atom is -0.427 e. The first-order valence-corrected chi connectivity index (χ1v) is 9.84. The second-order valence-corrected chi connectivity index (χ2v) is 7.58. The Bertz CT molecular complexity index is 991. The predicted octanol–water partition coefficient (Wildman–Crippen LogP) is 1.67. The lowest BCUT2D eigenvalue weighted by Crippen LogP contribution is -2.39. The molecule has 10 heteroatoms. The van der Waals surface area contributed by atoms with Crippen molar-refractivity contribution in [2.45, 2.75) is 6.92 Å². The maximum atomic E-state index is 13.9. The van der Waals surface area contributed by atoms with Gasteiger partial charge in [0, 0.05) is 6.92 Å². The molecule has 0 heterocycles. The van der Waals surface area contributed by atoms with Gasteiger partial charge in [-0.25, -0.2) is 18.2 Å². The number of halogens is 1. The van der Waals surface area contributed by atoms with Crippen molar-refractivity contribution in [2.24, 2.45) is 5.10 Å². The molecule has 28 heavy (non-hydrogen) atoms. The van der Waals surface area contributed by atoms with E-state index in [4.69, 9.17) is 4.74 Å². The predicted molar refractivity (Wildman–Crippen MR) is 102 cm³/mol. The summed E-state index contributed by atoms with van der Waals surface area (Å²) < 4.78 is 43.3. The van der Waals surface area contributed by atoms with Gasteiger partial charge in [-0.15, -0.1) is 0 Å². The molecule has 0 aliphatic carbocycles. The van der Waals surface area contributed by atoms with Gasteiger partial charge in [0.25, 0.3) is 5.91 Å². The van der Waals surface area contributed by atoms with Gasteiger partial charge in [-0.1, -0.05) is 12.1 Å². The van der Waals surface area contributed by atoms with Gasteiger partial charge < -0.3 is 4.74 Å². The van der Waals surface area contributed by atoms with Crippen molar-refractivity contribution in [2.75, 3.05) is 17.1 Å². The molecule has 0 aromatic heterocycles. The molecule has 1 N–H and O–H groups in total. The molecule has 148 valence electrons. The lowest BCUT2D eigenvalue weighted by atomic mass is 10.2. The fourth-order valence-corrected chi connectivity index (χ4v) is 3.02. The minimum absolute atomic E-state index is 0.231. The van der Waals surface area contributed by atoms with Gasteiger partial charge in [0.15, 0.2) is 0 Å². The van der Waals surface area contributed by atoms with Crippen LogP contribution in [0.5, 0.6) is 5.75 Å². The summed E-state index contributed by atoms with van der Waals surface area (Å²) in [6.45, 7) is 0.647. The van der Waals surface area contributed by atoms with Gasteiger partial charge in [-0.2, -0.15) is 5.10 Å². The Hall–Kier alpha value is -3.27. The summed E-state index contributed by atoms with van der Waals surface area (Å²) in [5, 5.41) is 3.74. The third-order valence-corrected chi connectivity index (χ3v) is 4.48. The Morgan fingerprint density at radius 3 is 2.39 bits per heavy atom. The van der Waals surface area contributed by atoms with E-state index in [1.165, 1.54) is 31.3 Å². The lowest BCUT2D eigenvalue weighted by Gasteiger charge is -2.21. The maximum Gasteiger partial charge on any atom is 0.308 e. The van der Waals surface area contributed by atoms with Crippen LogP contribution >= 0.6 is 0 Å². The van der Waals surface area contributed by atoms with E-state index in [1.54, 1.807) is 24.3 Å². The number of carbonyl (C=O) groups excluding carboxylic acids is 2. The fraction of sp³-hybridized carbons (Fsp3) is 0.167. The first kappa shape index (κ1) is 21.0. The summed E-state index contributed by atoms with van der Waals surface area (Å²) >= 11 is 0. The van der Waals surface area contributed by atoms with Crippen LogP contribution in [-0.4, -0.2) is 39.3 Å². The van der Waals surface area contributed by atoms with E-state index in [2.05, 4.69) is 10.5 Å². The molecule has 8 nitrogen and oxygen atoms in total. The Kier molecular flexibility index (Phi) is 6.83. The van der Waals surface area contributed by atoms with Crippen molar-refractivity contribution in [1.82, 2.24) is 5.43 Å². The largest absolute Gasteiger partial charge is 0.427 e. The summed E-state index contributed by atoms with van der Waals surface area (Å²) in [6, 6.07) is 11.6. The summed E-state index contributed by atoms with van der Waals surface area (Å²) in [5.41, 5.74) is 2.56. The molecule has 2 aromatic carbocycles. The van der Waals surface area contributed by atoms with Crippen molar-refractivity contribution in [3.05, 3.63) is 59.9 Å². The third kappa shape index (κ3) is 6.16. The highest BCUT2D eigenvalue weighted by atomic mass is 32.2. The van der Waals surface area contributed by atoms with Gasteiger partial charge in [-0.3, -0.25) is 13.9 Å². The molecule has 0 saturated heterocycles. The van der Waals surface area contributed by atoms with Gasteiger partial charge in [0.1, 0.15) is 18.1 Å². The molecule has 1 amide bonds. The van der Waals surface area contributed by atoms with E-state index in [9.17, 15) is 22.4 Å². The number of rotatable bonds is 7. The average Bonchev–Trinajstić information content (AvgIpc) is 2.60. The van der Waals surface area contributed by atoms with E-state index >= 15 is 0 Å². The van der Waals surface area contributed by atoms with Crippen molar-refractivity contribution in [1.29, 1.82) is 0 Å². The van der Waals surface area contributed by atoms with Crippen LogP contribution in [-0.2, 0) is 19.6 Å². The summed E-state index contributed by atoms with van der Waals surface area (Å²) in [6.07, 6.45) is 2.20. The normalized spacial score (nSPS) is 11.2. The van der Waals surface area contributed by atoms with E-state index < -0.39 is 34.3 Å². The molecule has 2 rings (SSSR count). The van der Waals surface area contributed by atoms with Crippen molar-refractivity contribution in [3.8, 4) is 5.75 Å². The standard InChI is InChI=1S/C18H18FN3O5S/c1-13(23)27-15-9-7-14(8-10-15)11-20-21-18(24)12-22(28(2,25)26)17-6-4-3-5-16(17)19/h3-11H,12H2,1-2H3,(H,21,24)/b20-11-. The van der Waals surface area contributed by atoms with E-state index in [1.807, 2.05) is 0 Å². The molecule has 0 fully saturated rings. The Morgan fingerprint density at radius 2 is 1.82 bits per heavy atom. The van der Waals surface area contributed by atoms with Crippen LogP contribution in [0.3, 0.4) is 0 Å². The minimum atomic E-state index is -3.89. The van der Waals surface area contributed by atoms with Crippen LogP contribution in [0.15, 0.2) is 53.6 Å². The molecule has 0 saturated carbocycles. The molecule has 0 aliphatic heterocycles. The number of hydrazone groups is 1. The Labute approximate surface area is 161 Å². The Balaban J connectivity index is 2.02. The number of carbonyl (C=O) groups is 2. The molecular formula is C18H18FN3O5S. The smallest absolute Gasteiger partial charge is 0.308 e. The number of anilines is 1. The van der Waals surface area contributed by atoms with Gasteiger partial charge in [0.2, 0.25) is 10.0 Å². The van der Waals surface area contributed by atoms with Crippen LogP contribution in [0.4, 0.5) is 10.1 Å². The number of nitrogens with one attached hydrogen (secondary N) is 1. The number of hydrogen-bond acceptors (Lipinski definition) is 6. The average molecular weight is 407 g/mol. The van der Waals surface area contributed by atoms with Gasteiger partial charge >= 0.3 is 5.97 Å². The molecule has 0 aliphatic rings. The number of esters is 1. The number of hydrogen-bond donors (Lipinski definition) is 1. The fourth-order valence-electron chi connectivity index (χ4n) is 2.17. The van der Waals surface area contributed by atoms with Gasteiger partial charge in [-0.05, 0) is 42.0 Å². The molecule has 2 aromatic rings. The first-order chi connectivity index (χ1) is 13.2. The van der Waals surface area contributed by atoms with E-state index in [0.717, 1.165) is 12.3 Å². The van der Waals surface area contributed by atoms with Crippen LogP contribution in [0.2, 0.25) is 0 Å². The summed E-state index contributed by atoms with van der Waals surface area (Å²) in [4.78, 5) is 22.9. The molecular weight excluding hydrogens is 389 g/mol. The van der Waals surface area contributed by atoms with E-state index in [-0.39, 0.29) is 5.69 Å². The van der Waals surface area contributed by atoms with Crippen molar-refractivity contribution >= 4 is 33.8 Å². The van der Waals surface area contributed by atoms with Crippen LogP contribution in [0.1, 0.15) is 12.5 Å². The lowest BCUT2D eigenvalue weighted by molar-refractivity contribution is -0.131. The van der Waals surface area contributed by atoms with Crippen molar-refractivity contribution < 1.29 is 27.1 Å². The van der Waals surface area contributed by atoms with Crippen LogP contribution in [0.25, 0.3) is 0 Å². The van der Waals surface area contributed by atoms with Crippen molar-refractivity contribution in [3.63, 3.8) is 0 Å². The highest BCUT2D eigenvalue weighted by Gasteiger charge is 2.23. The maximum absolute atomic E-state index is 13.9. The number of ether oxygens (including phenoxy) is 1. The van der Waals surface area contributed by atoms with Crippen LogP contribution < -0.4 is 14.5 Å². The quantitative estimate of drug-likeness (QED) is 0.325. The molecule has 0 radical (unpaired) electrons. The molecule has 0 atom stereocenters. The number of amides is 1. The topological polar surface area (TPSA) is 105 Å². The zero-order valence-corrected chi connectivity index (χ0v) is 15.9. The summed E-state index contributed by atoms with van der Waals surface area (Å²) in [5.74, 6) is -1.60. The number of benzene rings is 2. The van der Waals surface area contributed by atoms with Crippen LogP contribution in [0, 0.1) is 5.82 Å². The second kappa shape index (κ2) is 9.09. The highest BCUT2D eigenvalue weighted by Crippen LogP contribution is 2.20. The summed E-state index contributed by atoms with van der Waals surface area (Å²) in [7, 11) is -3.89. The molecule has 0 spiro atoms. The number of sulfonamides is 1. The Morgan fingerprint density at radius 1 is 1.18 bits per heavy atom. The van der Waals surface area contributed by atoms with E-state index in [0.29, 0.717) is 15.6 Å². The number of para-hydroxylation sites is 1. The number of nitrogens with zero attached hydrogens (tertiary/aromatic N) is 2. The monoisotopic (exact) mass is 407 g/mol. The molecule has 0 bridgehead atoms. The zero-order chi connectivity index (χ0) is 20.7. The first-order valence-electron chi connectivity index (χ1n) is 7.99. The SMILES string of the molecule is CC(=O)Oc1ccc(/C=N\NC(=O)CN(c2ccccc2F)S(C)(=O)=O)cc1. The van der Waals surface area contributed by atoms with Gasteiger partial charge in [0.05, 0.1) is 18.2 Å². The second-order valence-electron chi connectivity index (χ2n) is 5.68.